The van der Waals surface area contributed by atoms with Gasteiger partial charge in [0.2, 0.25) is 5.91 Å². The molecule has 0 aromatic rings. The molecule has 2 atom stereocenters. The molecular formula is C13H24N2O. The van der Waals surface area contributed by atoms with Gasteiger partial charge < -0.3 is 10.6 Å². The summed E-state index contributed by atoms with van der Waals surface area (Å²) in [4.78, 5) is 12.1. The Morgan fingerprint density at radius 2 is 1.75 bits per heavy atom. The van der Waals surface area contributed by atoms with E-state index >= 15 is 0 Å². The Morgan fingerprint density at radius 3 is 2.12 bits per heavy atom. The van der Waals surface area contributed by atoms with E-state index in [1.54, 1.807) is 0 Å². The summed E-state index contributed by atoms with van der Waals surface area (Å²) in [5.41, 5.74) is 0.468. The second-order valence-corrected chi connectivity index (χ2v) is 6.63. The minimum absolute atomic E-state index is 0.159. The Hall–Kier alpha value is -0.570. The van der Waals surface area contributed by atoms with E-state index in [2.05, 4.69) is 45.3 Å². The van der Waals surface area contributed by atoms with Gasteiger partial charge >= 0.3 is 0 Å². The first-order chi connectivity index (χ1) is 7.28. The zero-order valence-electron chi connectivity index (χ0n) is 11.1. The van der Waals surface area contributed by atoms with E-state index in [0.29, 0.717) is 12.0 Å². The maximum atomic E-state index is 12.1. The minimum Gasteiger partial charge on any atom is -0.352 e. The maximum absolute atomic E-state index is 12.1. The third kappa shape index (κ3) is 1.56. The van der Waals surface area contributed by atoms with Gasteiger partial charge in [0.15, 0.2) is 0 Å². The van der Waals surface area contributed by atoms with Gasteiger partial charge in [-0.1, -0.05) is 34.6 Å². The van der Waals surface area contributed by atoms with Crippen LogP contribution in [0.25, 0.3) is 0 Å². The molecule has 2 N–H and O–H groups in total. The number of nitrogens with one attached hydrogen (secondary N) is 2. The molecule has 0 aromatic carbocycles. The minimum atomic E-state index is 0.159. The molecule has 3 heteroatoms. The lowest BCUT2D eigenvalue weighted by atomic mass is 9.97. The van der Waals surface area contributed by atoms with Crippen molar-refractivity contribution in [1.82, 2.24) is 10.6 Å². The van der Waals surface area contributed by atoms with Crippen LogP contribution in [-0.2, 0) is 4.79 Å². The molecule has 1 amide bonds. The number of amides is 1. The summed E-state index contributed by atoms with van der Waals surface area (Å²) in [6.45, 7) is 12.9. The predicted molar refractivity (Wildman–Crippen MR) is 65.0 cm³/mol. The molecule has 2 fully saturated rings. The highest BCUT2D eigenvalue weighted by molar-refractivity contribution is 5.80. The fraction of sp³-hybridized carbons (Fsp3) is 0.923. The van der Waals surface area contributed by atoms with Gasteiger partial charge in [0, 0.05) is 12.6 Å². The van der Waals surface area contributed by atoms with Gasteiger partial charge in [0.1, 0.15) is 0 Å². The van der Waals surface area contributed by atoms with Gasteiger partial charge in [-0.3, -0.25) is 4.79 Å². The SMILES string of the molecule is C[C@@H]1CNC[C@H]1C(=O)NC1C(C)(C)C1(C)C. The molecule has 2 rings (SSSR count). The molecule has 1 aliphatic carbocycles. The van der Waals surface area contributed by atoms with E-state index < -0.39 is 0 Å². The van der Waals surface area contributed by atoms with E-state index in [-0.39, 0.29) is 22.7 Å². The molecule has 1 saturated carbocycles. The van der Waals surface area contributed by atoms with Crippen LogP contribution in [0, 0.1) is 22.7 Å². The van der Waals surface area contributed by atoms with Crippen LogP contribution in [0.15, 0.2) is 0 Å². The summed E-state index contributed by atoms with van der Waals surface area (Å²) >= 11 is 0. The second-order valence-electron chi connectivity index (χ2n) is 6.63. The summed E-state index contributed by atoms with van der Waals surface area (Å²) in [6.07, 6.45) is 0. The van der Waals surface area contributed by atoms with Crippen molar-refractivity contribution in [2.45, 2.75) is 40.7 Å². The number of carbonyl (C=O) groups excluding carboxylic acids is 1. The van der Waals surface area contributed by atoms with Crippen LogP contribution < -0.4 is 10.6 Å². The van der Waals surface area contributed by atoms with Crippen molar-refractivity contribution < 1.29 is 4.79 Å². The lowest BCUT2D eigenvalue weighted by Gasteiger charge is -2.15. The van der Waals surface area contributed by atoms with Crippen molar-refractivity contribution >= 4 is 5.91 Å². The molecule has 0 unspecified atom stereocenters. The number of rotatable bonds is 2. The Balaban J connectivity index is 1.95. The van der Waals surface area contributed by atoms with Gasteiger partial charge in [0.25, 0.3) is 0 Å². The molecule has 3 nitrogen and oxygen atoms in total. The highest BCUT2D eigenvalue weighted by atomic mass is 16.2. The predicted octanol–water partition coefficient (Wildman–Crippen LogP) is 1.39. The molecule has 0 spiro atoms. The van der Waals surface area contributed by atoms with Crippen LogP contribution in [0.5, 0.6) is 0 Å². The summed E-state index contributed by atoms with van der Waals surface area (Å²) in [7, 11) is 0. The van der Waals surface area contributed by atoms with Crippen LogP contribution in [0.2, 0.25) is 0 Å². The van der Waals surface area contributed by atoms with Gasteiger partial charge in [0.05, 0.1) is 5.92 Å². The second kappa shape index (κ2) is 3.46. The molecular weight excluding hydrogens is 200 g/mol. The van der Waals surface area contributed by atoms with Crippen LogP contribution in [0.4, 0.5) is 0 Å². The molecule has 1 aliphatic heterocycles. The van der Waals surface area contributed by atoms with E-state index in [9.17, 15) is 4.79 Å². The van der Waals surface area contributed by atoms with Crippen molar-refractivity contribution in [3.63, 3.8) is 0 Å². The van der Waals surface area contributed by atoms with Gasteiger partial charge in [-0.05, 0) is 23.3 Å². The van der Waals surface area contributed by atoms with Gasteiger partial charge in [-0.25, -0.2) is 0 Å². The summed E-state index contributed by atoms with van der Waals surface area (Å²) in [5.74, 6) is 0.860. The van der Waals surface area contributed by atoms with Gasteiger partial charge in [-0.2, -0.15) is 0 Å². The Morgan fingerprint density at radius 1 is 1.19 bits per heavy atom. The molecule has 2 aliphatic rings. The Labute approximate surface area is 98.4 Å². The Bertz CT molecular complexity index is 295. The summed E-state index contributed by atoms with van der Waals surface area (Å²) in [6, 6.07) is 0.334. The summed E-state index contributed by atoms with van der Waals surface area (Å²) in [5, 5.41) is 6.51. The topological polar surface area (TPSA) is 41.1 Å². The third-order valence-electron chi connectivity index (χ3n) is 5.16. The highest BCUT2D eigenvalue weighted by Gasteiger charge is 2.65. The first kappa shape index (κ1) is 11.9. The fourth-order valence-corrected chi connectivity index (χ4v) is 2.97. The van der Waals surface area contributed by atoms with Crippen LogP contribution >= 0.6 is 0 Å². The maximum Gasteiger partial charge on any atom is 0.224 e. The molecule has 0 bridgehead atoms. The van der Waals surface area contributed by atoms with Crippen molar-refractivity contribution in [1.29, 1.82) is 0 Å². The van der Waals surface area contributed by atoms with Crippen molar-refractivity contribution in [2.24, 2.45) is 22.7 Å². The lowest BCUT2D eigenvalue weighted by molar-refractivity contribution is -0.125. The zero-order chi connectivity index (χ0) is 12.1. The van der Waals surface area contributed by atoms with E-state index in [0.717, 1.165) is 13.1 Å². The van der Waals surface area contributed by atoms with Gasteiger partial charge in [-0.15, -0.1) is 0 Å². The molecule has 0 aromatic heterocycles. The fourth-order valence-electron chi connectivity index (χ4n) is 2.97. The average Bonchev–Trinajstić information content (AvgIpc) is 2.57. The standard InChI is InChI=1S/C13H24N2O/c1-8-6-14-7-9(8)10(16)15-11-12(2,3)13(11,4)5/h8-9,11,14H,6-7H2,1-5H3,(H,15,16)/t8-,9-/m1/s1. The van der Waals surface area contributed by atoms with E-state index in [1.807, 2.05) is 0 Å². The molecule has 1 heterocycles. The zero-order valence-corrected chi connectivity index (χ0v) is 11.1. The van der Waals surface area contributed by atoms with Crippen molar-refractivity contribution in [3.05, 3.63) is 0 Å². The first-order valence-corrected chi connectivity index (χ1v) is 6.29. The quantitative estimate of drug-likeness (QED) is 0.744. The van der Waals surface area contributed by atoms with Crippen LogP contribution in [0.3, 0.4) is 0 Å². The molecule has 16 heavy (non-hydrogen) atoms. The smallest absolute Gasteiger partial charge is 0.224 e. The van der Waals surface area contributed by atoms with E-state index in [1.165, 1.54) is 0 Å². The van der Waals surface area contributed by atoms with Crippen LogP contribution in [0.1, 0.15) is 34.6 Å². The monoisotopic (exact) mass is 224 g/mol. The molecule has 92 valence electrons. The van der Waals surface area contributed by atoms with Crippen molar-refractivity contribution in [3.8, 4) is 0 Å². The number of carbonyl (C=O) groups is 1. The van der Waals surface area contributed by atoms with Crippen LogP contribution in [-0.4, -0.2) is 25.0 Å². The number of hydrogen-bond donors (Lipinski definition) is 2. The molecule has 1 saturated heterocycles. The normalized spacial score (nSPS) is 36.1. The average molecular weight is 224 g/mol. The lowest BCUT2D eigenvalue weighted by Crippen LogP contribution is -2.38. The molecule has 0 radical (unpaired) electrons. The third-order valence-corrected chi connectivity index (χ3v) is 5.16. The Kier molecular flexibility index (Phi) is 2.57. The van der Waals surface area contributed by atoms with E-state index in [4.69, 9.17) is 0 Å². The first-order valence-electron chi connectivity index (χ1n) is 6.29. The summed E-state index contributed by atoms with van der Waals surface area (Å²) < 4.78 is 0. The van der Waals surface area contributed by atoms with Crippen molar-refractivity contribution in [2.75, 3.05) is 13.1 Å². The number of hydrogen-bond acceptors (Lipinski definition) is 2. The largest absolute Gasteiger partial charge is 0.352 e. The highest BCUT2D eigenvalue weighted by Crippen LogP contribution is 2.62.